The molecule has 0 aliphatic carbocycles. The lowest BCUT2D eigenvalue weighted by Gasteiger charge is -2.20. The van der Waals surface area contributed by atoms with Gasteiger partial charge in [0.2, 0.25) is 0 Å². The van der Waals surface area contributed by atoms with E-state index in [2.05, 4.69) is 12.2 Å². The summed E-state index contributed by atoms with van der Waals surface area (Å²) in [6.07, 6.45) is 2.31. The van der Waals surface area contributed by atoms with Crippen LogP contribution in [0.25, 0.3) is 0 Å². The molecule has 0 aromatic heterocycles. The van der Waals surface area contributed by atoms with Gasteiger partial charge in [-0.25, -0.2) is 0 Å². The molecule has 106 valence electrons. The summed E-state index contributed by atoms with van der Waals surface area (Å²) in [6, 6.07) is 7.99. The zero-order chi connectivity index (χ0) is 14.3. The smallest absolute Gasteiger partial charge is 0.261 e. The monoisotopic (exact) mass is 263 g/mol. The van der Waals surface area contributed by atoms with E-state index < -0.39 is 6.10 Å². The van der Waals surface area contributed by atoms with E-state index in [-0.39, 0.29) is 11.9 Å². The van der Waals surface area contributed by atoms with Gasteiger partial charge in [0.05, 0.1) is 0 Å². The summed E-state index contributed by atoms with van der Waals surface area (Å²) in [5, 5.41) is 3.00. The fraction of sp³-hybridized carbons (Fsp3) is 0.562. The molecule has 0 unspecified atom stereocenters. The van der Waals surface area contributed by atoms with Crippen molar-refractivity contribution in [1.82, 2.24) is 5.32 Å². The third-order valence-corrected chi connectivity index (χ3v) is 3.04. The van der Waals surface area contributed by atoms with Crippen LogP contribution in [0, 0.1) is 6.92 Å². The van der Waals surface area contributed by atoms with Crippen LogP contribution in [0.1, 0.15) is 45.6 Å². The van der Waals surface area contributed by atoms with Crippen molar-refractivity contribution < 1.29 is 9.53 Å². The molecule has 1 rings (SSSR count). The van der Waals surface area contributed by atoms with Crippen LogP contribution in [-0.2, 0) is 4.79 Å². The molecule has 0 spiro atoms. The highest BCUT2D eigenvalue weighted by Gasteiger charge is 2.19. The molecule has 0 fully saturated rings. The average Bonchev–Trinajstić information content (AvgIpc) is 2.36. The Bertz CT molecular complexity index is 403. The van der Waals surface area contributed by atoms with Gasteiger partial charge >= 0.3 is 0 Å². The number of carbonyl (C=O) groups excluding carboxylic acids is 1. The normalized spacial score (nSPS) is 13.7. The second-order valence-corrected chi connectivity index (χ2v) is 5.03. The highest BCUT2D eigenvalue weighted by atomic mass is 16.5. The van der Waals surface area contributed by atoms with Gasteiger partial charge < -0.3 is 10.1 Å². The molecule has 0 aliphatic rings. The summed E-state index contributed by atoms with van der Waals surface area (Å²) < 4.78 is 5.77. The number of rotatable bonds is 7. The summed E-state index contributed by atoms with van der Waals surface area (Å²) in [4.78, 5) is 12.1. The largest absolute Gasteiger partial charge is 0.481 e. The van der Waals surface area contributed by atoms with E-state index in [4.69, 9.17) is 4.74 Å². The summed E-state index contributed by atoms with van der Waals surface area (Å²) in [7, 11) is 0. The number of aryl methyl sites for hydroxylation is 1. The number of benzene rings is 1. The van der Waals surface area contributed by atoms with Gasteiger partial charge in [-0.15, -0.1) is 0 Å². The van der Waals surface area contributed by atoms with Gasteiger partial charge in [-0.2, -0.15) is 0 Å². The first-order valence-corrected chi connectivity index (χ1v) is 7.10. The van der Waals surface area contributed by atoms with E-state index in [9.17, 15) is 4.79 Å². The van der Waals surface area contributed by atoms with Crippen molar-refractivity contribution in [3.63, 3.8) is 0 Å². The molecule has 1 aromatic rings. The maximum atomic E-state index is 12.1. The molecule has 0 heterocycles. The summed E-state index contributed by atoms with van der Waals surface area (Å²) >= 11 is 0. The SMILES string of the molecule is CCC[C@@H](C)NC(=O)[C@H](CC)Oc1cccc(C)c1. The molecule has 2 atom stereocenters. The maximum Gasteiger partial charge on any atom is 0.261 e. The van der Waals surface area contributed by atoms with Crippen molar-refractivity contribution >= 4 is 5.91 Å². The Kier molecular flexibility index (Phi) is 6.40. The highest BCUT2D eigenvalue weighted by molar-refractivity contribution is 5.81. The Balaban J connectivity index is 2.60. The molecule has 1 amide bonds. The maximum absolute atomic E-state index is 12.1. The summed E-state index contributed by atoms with van der Waals surface area (Å²) in [5.74, 6) is 0.732. The van der Waals surface area contributed by atoms with Crippen molar-refractivity contribution in [3.8, 4) is 5.75 Å². The minimum Gasteiger partial charge on any atom is -0.481 e. The first kappa shape index (κ1) is 15.5. The standard InChI is InChI=1S/C16H25NO2/c1-5-8-13(4)17-16(18)15(6-2)19-14-10-7-9-12(3)11-14/h7,9-11,13,15H,5-6,8H2,1-4H3,(H,17,18)/t13-,15+/m1/s1. The van der Waals surface area contributed by atoms with Gasteiger partial charge in [0.15, 0.2) is 6.10 Å². The molecule has 0 saturated heterocycles. The van der Waals surface area contributed by atoms with Crippen molar-refractivity contribution in [2.24, 2.45) is 0 Å². The molecular formula is C16H25NO2. The fourth-order valence-electron chi connectivity index (χ4n) is 2.02. The van der Waals surface area contributed by atoms with Crippen LogP contribution in [0.4, 0.5) is 0 Å². The lowest BCUT2D eigenvalue weighted by Crippen LogP contribution is -2.42. The first-order valence-electron chi connectivity index (χ1n) is 7.10. The number of ether oxygens (including phenoxy) is 1. The lowest BCUT2D eigenvalue weighted by molar-refractivity contribution is -0.128. The van der Waals surface area contributed by atoms with Crippen LogP contribution in [0.15, 0.2) is 24.3 Å². The van der Waals surface area contributed by atoms with Crippen LogP contribution in [-0.4, -0.2) is 18.1 Å². The van der Waals surface area contributed by atoms with Crippen molar-refractivity contribution in [3.05, 3.63) is 29.8 Å². The van der Waals surface area contributed by atoms with Crippen LogP contribution in [0.3, 0.4) is 0 Å². The van der Waals surface area contributed by atoms with E-state index in [1.807, 2.05) is 45.0 Å². The van der Waals surface area contributed by atoms with Crippen LogP contribution in [0.5, 0.6) is 5.75 Å². The Morgan fingerprint density at radius 2 is 2.11 bits per heavy atom. The highest BCUT2D eigenvalue weighted by Crippen LogP contribution is 2.15. The number of carbonyl (C=O) groups is 1. The molecular weight excluding hydrogens is 238 g/mol. The van der Waals surface area contributed by atoms with Crippen molar-refractivity contribution in [2.45, 2.75) is 59.1 Å². The second-order valence-electron chi connectivity index (χ2n) is 5.03. The number of hydrogen-bond donors (Lipinski definition) is 1. The molecule has 0 bridgehead atoms. The molecule has 1 N–H and O–H groups in total. The summed E-state index contributed by atoms with van der Waals surface area (Å²) in [5.41, 5.74) is 1.13. The van der Waals surface area contributed by atoms with Crippen LogP contribution < -0.4 is 10.1 Å². The lowest BCUT2D eigenvalue weighted by atomic mass is 10.1. The van der Waals surface area contributed by atoms with Crippen molar-refractivity contribution in [1.29, 1.82) is 0 Å². The molecule has 1 aromatic carbocycles. The fourth-order valence-corrected chi connectivity index (χ4v) is 2.02. The minimum absolute atomic E-state index is 0.0232. The van der Waals surface area contributed by atoms with E-state index in [0.29, 0.717) is 6.42 Å². The first-order chi connectivity index (χ1) is 9.06. The molecule has 3 nitrogen and oxygen atoms in total. The second kappa shape index (κ2) is 7.82. The van der Waals surface area contributed by atoms with E-state index >= 15 is 0 Å². The third-order valence-electron chi connectivity index (χ3n) is 3.04. The molecule has 0 saturated carbocycles. The zero-order valence-electron chi connectivity index (χ0n) is 12.4. The number of amides is 1. The van der Waals surface area contributed by atoms with Crippen LogP contribution in [0.2, 0.25) is 0 Å². The zero-order valence-corrected chi connectivity index (χ0v) is 12.4. The summed E-state index contributed by atoms with van der Waals surface area (Å²) in [6.45, 7) is 8.12. The topological polar surface area (TPSA) is 38.3 Å². The Hall–Kier alpha value is -1.51. The Morgan fingerprint density at radius 1 is 1.37 bits per heavy atom. The quantitative estimate of drug-likeness (QED) is 0.818. The van der Waals surface area contributed by atoms with Crippen molar-refractivity contribution in [2.75, 3.05) is 0 Å². The van der Waals surface area contributed by atoms with E-state index in [1.54, 1.807) is 0 Å². The van der Waals surface area contributed by atoms with E-state index in [1.165, 1.54) is 0 Å². The van der Waals surface area contributed by atoms with Crippen LogP contribution >= 0.6 is 0 Å². The van der Waals surface area contributed by atoms with Gasteiger partial charge in [-0.05, 0) is 44.4 Å². The third kappa shape index (κ3) is 5.33. The number of hydrogen-bond acceptors (Lipinski definition) is 2. The van der Waals surface area contributed by atoms with Gasteiger partial charge in [0.1, 0.15) is 5.75 Å². The number of nitrogens with one attached hydrogen (secondary N) is 1. The van der Waals surface area contributed by atoms with Gasteiger partial charge in [0, 0.05) is 6.04 Å². The van der Waals surface area contributed by atoms with Gasteiger partial charge in [-0.1, -0.05) is 32.4 Å². The van der Waals surface area contributed by atoms with E-state index in [0.717, 1.165) is 24.2 Å². The molecule has 19 heavy (non-hydrogen) atoms. The molecule has 0 aliphatic heterocycles. The predicted octanol–water partition coefficient (Wildman–Crippen LogP) is 3.46. The van der Waals surface area contributed by atoms with Gasteiger partial charge in [0.25, 0.3) is 5.91 Å². The molecule has 3 heteroatoms. The molecule has 0 radical (unpaired) electrons. The minimum atomic E-state index is -0.416. The Morgan fingerprint density at radius 3 is 2.68 bits per heavy atom. The Labute approximate surface area is 116 Å². The predicted molar refractivity (Wildman–Crippen MR) is 78.4 cm³/mol. The van der Waals surface area contributed by atoms with Gasteiger partial charge in [-0.3, -0.25) is 4.79 Å². The average molecular weight is 263 g/mol.